The first-order chi connectivity index (χ1) is 7.11. The molecule has 15 heavy (non-hydrogen) atoms. The van der Waals surface area contributed by atoms with Crippen molar-refractivity contribution < 1.29 is 14.5 Å². The van der Waals surface area contributed by atoms with E-state index < -0.39 is 10.9 Å². The van der Waals surface area contributed by atoms with Crippen LogP contribution in [-0.4, -0.2) is 18.0 Å². The third-order valence-electron chi connectivity index (χ3n) is 1.86. The fourth-order valence-corrected chi connectivity index (χ4v) is 1.41. The van der Waals surface area contributed by atoms with Gasteiger partial charge in [-0.25, -0.2) is 4.79 Å². The molecule has 0 unspecified atom stereocenters. The molecule has 0 radical (unpaired) electrons. The number of carbonyl (C=O) groups is 1. The van der Waals surface area contributed by atoms with Gasteiger partial charge >= 0.3 is 5.97 Å². The summed E-state index contributed by atoms with van der Waals surface area (Å²) >= 11 is 5.58. The molecule has 0 N–H and O–H groups in total. The van der Waals surface area contributed by atoms with Crippen LogP contribution in [0.5, 0.6) is 0 Å². The maximum absolute atomic E-state index is 11.3. The Labute approximate surface area is 90.8 Å². The van der Waals surface area contributed by atoms with Gasteiger partial charge < -0.3 is 4.74 Å². The molecule has 0 amide bonds. The zero-order valence-electron chi connectivity index (χ0n) is 7.90. The lowest BCUT2D eigenvalue weighted by molar-refractivity contribution is -0.385. The summed E-state index contributed by atoms with van der Waals surface area (Å²) < 4.78 is 4.47. The summed E-state index contributed by atoms with van der Waals surface area (Å²) in [4.78, 5) is 21.4. The molecule has 0 heterocycles. The van der Waals surface area contributed by atoms with Gasteiger partial charge in [0.05, 0.1) is 12.0 Å². The van der Waals surface area contributed by atoms with Crippen molar-refractivity contribution in [3.63, 3.8) is 0 Å². The summed E-state index contributed by atoms with van der Waals surface area (Å²) in [5, 5.41) is 10.7. The molecule has 80 valence electrons. The van der Waals surface area contributed by atoms with Crippen LogP contribution < -0.4 is 0 Å². The quantitative estimate of drug-likeness (QED) is 0.345. The highest BCUT2D eigenvalue weighted by Crippen LogP contribution is 2.24. The summed E-state index contributed by atoms with van der Waals surface area (Å²) in [7, 11) is 1.16. The first-order valence-electron chi connectivity index (χ1n) is 4.02. The summed E-state index contributed by atoms with van der Waals surface area (Å²) in [5.41, 5.74) is 0.0118. The molecule has 0 atom stereocenters. The molecule has 0 aromatic heterocycles. The standard InChI is InChI=1S/C9H8ClNO4/c1-15-9(12)8-6(5-10)3-2-4-7(8)11(13)14/h2-4H,5H2,1H3. The summed E-state index contributed by atoms with van der Waals surface area (Å²) in [5.74, 6) is -0.732. The Balaban J connectivity index is 3.40. The lowest BCUT2D eigenvalue weighted by Crippen LogP contribution is -2.08. The van der Waals surface area contributed by atoms with Crippen LogP contribution >= 0.6 is 11.6 Å². The van der Waals surface area contributed by atoms with E-state index in [-0.39, 0.29) is 17.1 Å². The van der Waals surface area contributed by atoms with E-state index in [9.17, 15) is 14.9 Å². The SMILES string of the molecule is COC(=O)c1c(CCl)cccc1[N+](=O)[O-]. The second-order valence-corrected chi connectivity index (χ2v) is 2.96. The van der Waals surface area contributed by atoms with Crippen molar-refractivity contribution in [3.8, 4) is 0 Å². The van der Waals surface area contributed by atoms with E-state index in [0.717, 1.165) is 7.11 Å². The lowest BCUT2D eigenvalue weighted by atomic mass is 10.1. The number of nitro groups is 1. The Bertz CT molecular complexity index is 405. The zero-order valence-corrected chi connectivity index (χ0v) is 8.65. The monoisotopic (exact) mass is 229 g/mol. The lowest BCUT2D eigenvalue weighted by Gasteiger charge is -2.05. The number of carbonyl (C=O) groups excluding carboxylic acids is 1. The molecule has 0 fully saturated rings. The zero-order chi connectivity index (χ0) is 11.4. The minimum absolute atomic E-state index is 0.0200. The van der Waals surface area contributed by atoms with Crippen molar-refractivity contribution in [2.24, 2.45) is 0 Å². The van der Waals surface area contributed by atoms with Gasteiger partial charge in [0, 0.05) is 11.9 Å². The van der Waals surface area contributed by atoms with Crippen LogP contribution in [0.1, 0.15) is 15.9 Å². The molecule has 6 heteroatoms. The van der Waals surface area contributed by atoms with Crippen LogP contribution in [0, 0.1) is 10.1 Å². The summed E-state index contributed by atoms with van der Waals surface area (Å²) in [6, 6.07) is 4.26. The van der Waals surface area contributed by atoms with Gasteiger partial charge in [-0.15, -0.1) is 11.6 Å². The van der Waals surface area contributed by atoms with Crippen LogP contribution in [0.3, 0.4) is 0 Å². The van der Waals surface area contributed by atoms with Crippen molar-refractivity contribution in [1.82, 2.24) is 0 Å². The number of methoxy groups -OCH3 is 1. The van der Waals surface area contributed by atoms with Gasteiger partial charge in [-0.3, -0.25) is 10.1 Å². The average Bonchev–Trinajstić information content (AvgIpc) is 2.26. The molecular weight excluding hydrogens is 222 g/mol. The van der Waals surface area contributed by atoms with Crippen LogP contribution in [0.4, 0.5) is 5.69 Å². The van der Waals surface area contributed by atoms with Gasteiger partial charge in [-0.05, 0) is 5.56 Å². The Morgan fingerprint density at radius 2 is 2.27 bits per heavy atom. The van der Waals surface area contributed by atoms with Gasteiger partial charge in [0.2, 0.25) is 0 Å². The number of hydrogen-bond donors (Lipinski definition) is 0. The Morgan fingerprint density at radius 3 is 2.73 bits per heavy atom. The highest BCUT2D eigenvalue weighted by Gasteiger charge is 2.23. The van der Waals surface area contributed by atoms with Crippen LogP contribution in [0.25, 0.3) is 0 Å². The molecule has 0 saturated heterocycles. The number of esters is 1. The molecule has 0 bridgehead atoms. The number of halogens is 1. The van der Waals surface area contributed by atoms with E-state index in [1.807, 2.05) is 0 Å². The van der Waals surface area contributed by atoms with Crippen molar-refractivity contribution in [2.45, 2.75) is 5.88 Å². The smallest absolute Gasteiger partial charge is 0.345 e. The third kappa shape index (κ3) is 2.24. The number of hydrogen-bond acceptors (Lipinski definition) is 4. The average molecular weight is 230 g/mol. The van der Waals surface area contributed by atoms with Crippen molar-refractivity contribution >= 4 is 23.3 Å². The van der Waals surface area contributed by atoms with E-state index in [0.29, 0.717) is 5.56 Å². The van der Waals surface area contributed by atoms with Crippen molar-refractivity contribution in [3.05, 3.63) is 39.4 Å². The Kier molecular flexibility index (Phi) is 3.62. The van der Waals surface area contributed by atoms with Gasteiger partial charge in [-0.2, -0.15) is 0 Å². The molecule has 0 spiro atoms. The first-order valence-corrected chi connectivity index (χ1v) is 4.55. The van der Waals surface area contributed by atoms with E-state index in [4.69, 9.17) is 11.6 Å². The van der Waals surface area contributed by atoms with E-state index >= 15 is 0 Å². The maximum atomic E-state index is 11.3. The molecule has 5 nitrogen and oxygen atoms in total. The fourth-order valence-electron chi connectivity index (χ4n) is 1.19. The topological polar surface area (TPSA) is 69.4 Å². The first kappa shape index (κ1) is 11.5. The molecule has 1 rings (SSSR count). The maximum Gasteiger partial charge on any atom is 0.345 e. The van der Waals surface area contributed by atoms with Crippen molar-refractivity contribution in [1.29, 1.82) is 0 Å². The number of ether oxygens (including phenoxy) is 1. The van der Waals surface area contributed by atoms with E-state index in [2.05, 4.69) is 4.74 Å². The largest absolute Gasteiger partial charge is 0.465 e. The van der Waals surface area contributed by atoms with Gasteiger partial charge in [0.15, 0.2) is 0 Å². The van der Waals surface area contributed by atoms with Crippen LogP contribution in [0.2, 0.25) is 0 Å². The molecule has 0 aliphatic heterocycles. The number of nitrogens with zero attached hydrogens (tertiary/aromatic N) is 1. The number of benzene rings is 1. The molecule has 1 aromatic rings. The summed E-state index contributed by atoms with van der Waals surface area (Å²) in [6.07, 6.45) is 0. The number of nitro benzene ring substituents is 1. The molecule has 0 aliphatic carbocycles. The third-order valence-corrected chi connectivity index (χ3v) is 2.15. The molecule has 0 aliphatic rings. The highest BCUT2D eigenvalue weighted by molar-refractivity contribution is 6.17. The molecule has 0 saturated carbocycles. The number of alkyl halides is 1. The van der Waals surface area contributed by atoms with E-state index in [1.165, 1.54) is 12.1 Å². The second kappa shape index (κ2) is 4.75. The van der Waals surface area contributed by atoms with Gasteiger partial charge in [-0.1, -0.05) is 12.1 Å². The van der Waals surface area contributed by atoms with Crippen molar-refractivity contribution in [2.75, 3.05) is 7.11 Å². The minimum atomic E-state index is -0.752. The fraction of sp³-hybridized carbons (Fsp3) is 0.222. The Morgan fingerprint density at radius 1 is 1.60 bits per heavy atom. The predicted octanol–water partition coefficient (Wildman–Crippen LogP) is 2.12. The minimum Gasteiger partial charge on any atom is -0.465 e. The molecule has 1 aromatic carbocycles. The van der Waals surface area contributed by atoms with E-state index in [1.54, 1.807) is 6.07 Å². The van der Waals surface area contributed by atoms with Crippen LogP contribution in [-0.2, 0) is 10.6 Å². The Hall–Kier alpha value is -1.62. The summed E-state index contributed by atoms with van der Waals surface area (Å²) in [6.45, 7) is 0. The van der Waals surface area contributed by atoms with Gasteiger partial charge in [0.1, 0.15) is 5.56 Å². The predicted molar refractivity (Wildman–Crippen MR) is 54.0 cm³/mol. The number of rotatable bonds is 3. The second-order valence-electron chi connectivity index (χ2n) is 2.69. The highest BCUT2D eigenvalue weighted by atomic mass is 35.5. The molecular formula is C9H8ClNO4. The van der Waals surface area contributed by atoms with Gasteiger partial charge in [0.25, 0.3) is 5.69 Å². The normalized spacial score (nSPS) is 9.73. The van der Waals surface area contributed by atoms with Crippen LogP contribution in [0.15, 0.2) is 18.2 Å².